The molecule has 1 aliphatic rings. The van der Waals surface area contributed by atoms with Crippen molar-refractivity contribution in [3.63, 3.8) is 0 Å². The van der Waals surface area contributed by atoms with E-state index in [1.165, 1.54) is 0 Å². The van der Waals surface area contributed by atoms with Crippen molar-refractivity contribution >= 4 is 11.8 Å². The second-order valence-corrected chi connectivity index (χ2v) is 4.27. The van der Waals surface area contributed by atoms with Gasteiger partial charge in [0.15, 0.2) is 5.78 Å². The van der Waals surface area contributed by atoms with Gasteiger partial charge in [0.05, 0.1) is 12.3 Å². The molecule has 0 saturated carbocycles. The molecular formula is C13H15NO4. The van der Waals surface area contributed by atoms with Crippen molar-refractivity contribution in [3.05, 3.63) is 23.4 Å². The highest BCUT2D eigenvalue weighted by atomic mass is 16.5. The quantitative estimate of drug-likeness (QED) is 0.806. The van der Waals surface area contributed by atoms with Crippen molar-refractivity contribution in [1.29, 1.82) is 0 Å². The lowest BCUT2D eigenvalue weighted by Crippen LogP contribution is -2.13. The highest BCUT2D eigenvalue weighted by molar-refractivity contribution is 5.98. The first kappa shape index (κ1) is 12.5. The molecule has 1 N–H and O–H groups in total. The molecule has 5 heteroatoms. The van der Waals surface area contributed by atoms with Crippen molar-refractivity contribution in [2.24, 2.45) is 0 Å². The third kappa shape index (κ3) is 3.06. The van der Waals surface area contributed by atoms with Crippen LogP contribution in [-0.2, 0) is 11.2 Å². The number of nitrogens with zero attached hydrogens (tertiary/aromatic N) is 1. The molecule has 1 heterocycles. The number of ether oxygens (including phenoxy) is 1. The molecular weight excluding hydrogens is 234 g/mol. The van der Waals surface area contributed by atoms with Crippen LogP contribution < -0.4 is 4.74 Å². The lowest BCUT2D eigenvalue weighted by Gasteiger charge is -2.14. The summed E-state index contributed by atoms with van der Waals surface area (Å²) in [5, 5.41) is 8.49. The smallest absolute Gasteiger partial charge is 0.303 e. The molecule has 0 fully saturated rings. The highest BCUT2D eigenvalue weighted by Crippen LogP contribution is 2.22. The number of ketones is 1. The van der Waals surface area contributed by atoms with E-state index in [4.69, 9.17) is 9.84 Å². The van der Waals surface area contributed by atoms with Crippen molar-refractivity contribution < 1.29 is 19.4 Å². The average Bonchev–Trinajstić information content (AvgIpc) is 2.35. The maximum absolute atomic E-state index is 11.6. The van der Waals surface area contributed by atoms with Gasteiger partial charge in [-0.25, -0.2) is 4.98 Å². The number of rotatable bonds is 5. The minimum Gasteiger partial charge on any atom is -0.481 e. The molecule has 18 heavy (non-hydrogen) atoms. The minimum atomic E-state index is -0.831. The summed E-state index contributed by atoms with van der Waals surface area (Å²) in [7, 11) is 0. The van der Waals surface area contributed by atoms with Gasteiger partial charge in [-0.05, 0) is 25.3 Å². The van der Waals surface area contributed by atoms with E-state index in [2.05, 4.69) is 4.98 Å². The minimum absolute atomic E-state index is 0.0867. The normalized spacial score (nSPS) is 14.1. The number of aryl methyl sites for hydroxylation is 1. The Kier molecular flexibility index (Phi) is 3.92. The first-order valence-corrected chi connectivity index (χ1v) is 6.04. The number of carboxylic acid groups (broad SMARTS) is 1. The summed E-state index contributed by atoms with van der Waals surface area (Å²) >= 11 is 0. The summed E-state index contributed by atoms with van der Waals surface area (Å²) in [5.41, 5.74) is 1.49. The van der Waals surface area contributed by atoms with E-state index in [0.29, 0.717) is 30.9 Å². The molecule has 0 atom stereocenters. The van der Waals surface area contributed by atoms with Gasteiger partial charge in [0.25, 0.3) is 0 Å². The van der Waals surface area contributed by atoms with E-state index in [1.54, 1.807) is 12.1 Å². The maximum atomic E-state index is 11.6. The molecule has 0 saturated heterocycles. The van der Waals surface area contributed by atoms with Crippen LogP contribution in [0.2, 0.25) is 0 Å². The van der Waals surface area contributed by atoms with Gasteiger partial charge in [-0.15, -0.1) is 0 Å². The zero-order valence-electron chi connectivity index (χ0n) is 10.0. The predicted molar refractivity (Wildman–Crippen MR) is 63.9 cm³/mol. The number of carboxylic acids is 1. The van der Waals surface area contributed by atoms with Crippen molar-refractivity contribution in [1.82, 2.24) is 4.98 Å². The summed E-state index contributed by atoms with van der Waals surface area (Å²) in [6, 6.07) is 3.42. The van der Waals surface area contributed by atoms with Crippen LogP contribution in [0.5, 0.6) is 5.88 Å². The number of Topliss-reactive ketones (excluding diaryl/α,β-unsaturated/α-hetero) is 1. The van der Waals surface area contributed by atoms with Gasteiger partial charge < -0.3 is 9.84 Å². The molecule has 0 radical (unpaired) electrons. The van der Waals surface area contributed by atoms with Gasteiger partial charge in [0.1, 0.15) is 0 Å². The number of hydrogen-bond donors (Lipinski definition) is 1. The zero-order chi connectivity index (χ0) is 13.0. The van der Waals surface area contributed by atoms with E-state index in [1.807, 2.05) is 0 Å². The van der Waals surface area contributed by atoms with Gasteiger partial charge in [0.2, 0.25) is 5.88 Å². The number of pyridine rings is 1. The third-order valence-corrected chi connectivity index (χ3v) is 2.85. The molecule has 2 rings (SSSR count). The van der Waals surface area contributed by atoms with Crippen LogP contribution in [0.1, 0.15) is 41.7 Å². The summed E-state index contributed by atoms with van der Waals surface area (Å²) in [6.07, 6.45) is 2.76. The number of carbonyl (C=O) groups is 2. The lowest BCUT2D eigenvalue weighted by atomic mass is 9.95. The van der Waals surface area contributed by atoms with E-state index in [0.717, 1.165) is 18.5 Å². The molecule has 1 aromatic rings. The third-order valence-electron chi connectivity index (χ3n) is 2.85. The number of carbonyl (C=O) groups excluding carboxylic acids is 1. The topological polar surface area (TPSA) is 76.5 Å². The van der Waals surface area contributed by atoms with Gasteiger partial charge >= 0.3 is 5.97 Å². The molecule has 0 aromatic carbocycles. The van der Waals surface area contributed by atoms with E-state index < -0.39 is 5.97 Å². The van der Waals surface area contributed by atoms with Gasteiger partial charge in [-0.3, -0.25) is 9.59 Å². The van der Waals surface area contributed by atoms with Crippen LogP contribution in [0.3, 0.4) is 0 Å². The Morgan fingerprint density at radius 3 is 3.00 bits per heavy atom. The second kappa shape index (κ2) is 5.62. The van der Waals surface area contributed by atoms with Crippen molar-refractivity contribution in [2.45, 2.75) is 32.1 Å². The molecule has 1 aromatic heterocycles. The number of hydrogen-bond acceptors (Lipinski definition) is 4. The summed E-state index contributed by atoms with van der Waals surface area (Å²) < 4.78 is 5.37. The molecule has 0 unspecified atom stereocenters. The Labute approximate surface area is 105 Å². The van der Waals surface area contributed by atoms with Gasteiger partial charge in [-0.2, -0.15) is 0 Å². The Hall–Kier alpha value is -1.91. The highest BCUT2D eigenvalue weighted by Gasteiger charge is 2.18. The SMILES string of the molecule is O=C(O)CCCOc1ccc2c(n1)CCCC2=O. The number of fused-ring (bicyclic) bond motifs is 1. The van der Waals surface area contributed by atoms with Gasteiger partial charge in [-0.1, -0.05) is 0 Å². The lowest BCUT2D eigenvalue weighted by molar-refractivity contribution is -0.137. The molecule has 0 bridgehead atoms. The molecule has 5 nitrogen and oxygen atoms in total. The van der Waals surface area contributed by atoms with Crippen LogP contribution in [0.25, 0.3) is 0 Å². The molecule has 0 spiro atoms. The van der Waals surface area contributed by atoms with Crippen LogP contribution in [0, 0.1) is 0 Å². The van der Waals surface area contributed by atoms with Crippen molar-refractivity contribution in [2.75, 3.05) is 6.61 Å². The average molecular weight is 249 g/mol. The Morgan fingerprint density at radius 2 is 2.22 bits per heavy atom. The standard InChI is InChI=1S/C13H15NO4/c15-11-4-1-3-10-9(11)6-7-12(14-10)18-8-2-5-13(16)17/h6-7H,1-5,8H2,(H,16,17). The van der Waals surface area contributed by atoms with Crippen LogP contribution >= 0.6 is 0 Å². The summed E-state index contributed by atoms with van der Waals surface area (Å²) in [5.74, 6) is -0.224. The summed E-state index contributed by atoms with van der Waals surface area (Å²) in [6.45, 7) is 0.325. The fraction of sp³-hybridized carbons (Fsp3) is 0.462. The Balaban J connectivity index is 1.94. The number of aliphatic carboxylic acids is 1. The molecule has 0 amide bonds. The summed E-state index contributed by atoms with van der Waals surface area (Å²) in [4.78, 5) is 26.2. The largest absolute Gasteiger partial charge is 0.481 e. The Bertz CT molecular complexity index is 470. The first-order valence-electron chi connectivity index (χ1n) is 6.04. The van der Waals surface area contributed by atoms with Crippen LogP contribution in [-0.4, -0.2) is 28.4 Å². The van der Waals surface area contributed by atoms with Crippen LogP contribution in [0.4, 0.5) is 0 Å². The van der Waals surface area contributed by atoms with Crippen LogP contribution in [0.15, 0.2) is 12.1 Å². The predicted octanol–water partition coefficient (Wildman–Crippen LogP) is 1.84. The second-order valence-electron chi connectivity index (χ2n) is 4.27. The fourth-order valence-electron chi connectivity index (χ4n) is 1.96. The fourth-order valence-corrected chi connectivity index (χ4v) is 1.96. The zero-order valence-corrected chi connectivity index (χ0v) is 10.0. The molecule has 96 valence electrons. The van der Waals surface area contributed by atoms with Crippen molar-refractivity contribution in [3.8, 4) is 5.88 Å². The van der Waals surface area contributed by atoms with E-state index in [-0.39, 0.29) is 12.2 Å². The molecule has 0 aliphatic heterocycles. The Morgan fingerprint density at radius 1 is 1.39 bits per heavy atom. The molecule has 1 aliphatic carbocycles. The van der Waals surface area contributed by atoms with E-state index in [9.17, 15) is 9.59 Å². The van der Waals surface area contributed by atoms with E-state index >= 15 is 0 Å². The number of aromatic nitrogens is 1. The maximum Gasteiger partial charge on any atom is 0.303 e. The first-order chi connectivity index (χ1) is 8.66. The monoisotopic (exact) mass is 249 g/mol. The van der Waals surface area contributed by atoms with Gasteiger partial charge in [0, 0.05) is 24.5 Å².